The smallest absolute Gasteiger partial charge is 0.295 e. The minimum absolute atomic E-state index is 0.0395. The summed E-state index contributed by atoms with van der Waals surface area (Å²) < 4.78 is 11.7. The van der Waals surface area contributed by atoms with E-state index in [2.05, 4.69) is 10.3 Å². The second kappa shape index (κ2) is 8.93. The number of oxazole rings is 1. The molecule has 0 radical (unpaired) electrons. The van der Waals surface area contributed by atoms with Gasteiger partial charge in [0.15, 0.2) is 5.58 Å². The van der Waals surface area contributed by atoms with Gasteiger partial charge in [0, 0.05) is 30.2 Å². The fourth-order valence-electron chi connectivity index (χ4n) is 3.87. The quantitative estimate of drug-likeness (QED) is 0.429. The van der Waals surface area contributed by atoms with E-state index in [4.69, 9.17) is 20.8 Å². The first kappa shape index (κ1) is 20.4. The molecule has 1 atom stereocenters. The van der Waals surface area contributed by atoms with E-state index >= 15 is 0 Å². The van der Waals surface area contributed by atoms with Crippen molar-refractivity contribution < 1.29 is 13.9 Å². The van der Waals surface area contributed by atoms with Crippen LogP contribution in [0.15, 0.2) is 77.2 Å². The van der Waals surface area contributed by atoms with E-state index < -0.39 is 0 Å². The Morgan fingerprint density at radius 2 is 1.94 bits per heavy atom. The zero-order valence-corrected chi connectivity index (χ0v) is 18.1. The second-order valence-electron chi connectivity index (χ2n) is 7.78. The molecule has 32 heavy (non-hydrogen) atoms. The molecule has 0 saturated carbocycles. The number of ether oxygens (including phenoxy) is 1. The third-order valence-electron chi connectivity index (χ3n) is 5.51. The average molecular weight is 448 g/mol. The minimum atomic E-state index is -0.0395. The molecule has 2 heterocycles. The van der Waals surface area contributed by atoms with Crippen molar-refractivity contribution in [3.8, 4) is 5.75 Å². The molecule has 1 aliphatic rings. The molecular weight excluding hydrogens is 426 g/mol. The van der Waals surface area contributed by atoms with Gasteiger partial charge in [-0.25, -0.2) is 0 Å². The van der Waals surface area contributed by atoms with E-state index in [0.29, 0.717) is 47.6 Å². The molecular formula is C25H22ClN3O3. The Hall–Kier alpha value is -3.51. The van der Waals surface area contributed by atoms with Crippen LogP contribution in [0.1, 0.15) is 22.3 Å². The Labute approximate surface area is 190 Å². The standard InChI is InChI=1S/C25H22ClN3O3/c26-18-10-11-21-23(14-18)32-25(28-21)27-19-12-13-29(15-19)24(30)20-8-4-5-9-22(20)31-16-17-6-2-1-3-7-17/h1-11,14,19H,12-13,15-16H2,(H,27,28)/t19-/m1/s1. The van der Waals surface area contributed by atoms with Crippen molar-refractivity contribution in [3.63, 3.8) is 0 Å². The van der Waals surface area contributed by atoms with Gasteiger partial charge in [0.25, 0.3) is 11.9 Å². The fourth-order valence-corrected chi connectivity index (χ4v) is 4.03. The number of halogens is 1. The van der Waals surface area contributed by atoms with Crippen molar-refractivity contribution in [2.75, 3.05) is 18.4 Å². The lowest BCUT2D eigenvalue weighted by Crippen LogP contribution is -2.31. The lowest BCUT2D eigenvalue weighted by atomic mass is 10.1. The van der Waals surface area contributed by atoms with Gasteiger partial charge in [0.05, 0.1) is 5.56 Å². The number of benzene rings is 3. The van der Waals surface area contributed by atoms with Crippen LogP contribution in [0.25, 0.3) is 11.1 Å². The number of para-hydroxylation sites is 1. The van der Waals surface area contributed by atoms with Gasteiger partial charge in [-0.15, -0.1) is 0 Å². The summed E-state index contributed by atoms with van der Waals surface area (Å²) in [6.07, 6.45) is 0.804. The normalized spacial score (nSPS) is 15.8. The summed E-state index contributed by atoms with van der Waals surface area (Å²) in [4.78, 5) is 19.5. The monoisotopic (exact) mass is 447 g/mol. The molecule has 7 heteroatoms. The van der Waals surface area contributed by atoms with Crippen LogP contribution in [-0.4, -0.2) is 34.9 Å². The maximum Gasteiger partial charge on any atom is 0.295 e. The van der Waals surface area contributed by atoms with Crippen molar-refractivity contribution in [2.24, 2.45) is 0 Å². The molecule has 0 spiro atoms. The summed E-state index contributed by atoms with van der Waals surface area (Å²) in [5.74, 6) is 0.552. The van der Waals surface area contributed by atoms with Crippen LogP contribution in [0.5, 0.6) is 5.75 Å². The number of amides is 1. The Morgan fingerprint density at radius 3 is 2.81 bits per heavy atom. The summed E-state index contributed by atoms with van der Waals surface area (Å²) in [7, 11) is 0. The van der Waals surface area contributed by atoms with Crippen molar-refractivity contribution >= 4 is 34.6 Å². The van der Waals surface area contributed by atoms with Crippen LogP contribution in [0.4, 0.5) is 6.01 Å². The number of nitrogens with zero attached hydrogens (tertiary/aromatic N) is 2. The van der Waals surface area contributed by atoms with Crippen molar-refractivity contribution in [1.82, 2.24) is 9.88 Å². The van der Waals surface area contributed by atoms with E-state index in [1.807, 2.05) is 65.6 Å². The zero-order chi connectivity index (χ0) is 21.9. The summed E-state index contributed by atoms with van der Waals surface area (Å²) in [6.45, 7) is 1.62. The van der Waals surface area contributed by atoms with Crippen LogP contribution in [0.3, 0.4) is 0 Å². The topological polar surface area (TPSA) is 67.6 Å². The molecule has 4 aromatic rings. The van der Waals surface area contributed by atoms with E-state index in [0.717, 1.165) is 17.5 Å². The van der Waals surface area contributed by atoms with Gasteiger partial charge in [-0.05, 0) is 36.2 Å². The Balaban J connectivity index is 1.24. The number of rotatable bonds is 6. The van der Waals surface area contributed by atoms with Crippen molar-refractivity contribution in [1.29, 1.82) is 0 Å². The van der Waals surface area contributed by atoms with Crippen LogP contribution in [-0.2, 0) is 6.61 Å². The molecule has 1 N–H and O–H groups in total. The van der Waals surface area contributed by atoms with E-state index in [1.54, 1.807) is 12.1 Å². The number of carbonyl (C=O) groups excluding carboxylic acids is 1. The van der Waals surface area contributed by atoms with Gasteiger partial charge < -0.3 is 19.4 Å². The molecule has 162 valence electrons. The van der Waals surface area contributed by atoms with Crippen LogP contribution in [0.2, 0.25) is 5.02 Å². The lowest BCUT2D eigenvalue weighted by Gasteiger charge is -2.19. The highest BCUT2D eigenvalue weighted by Gasteiger charge is 2.29. The Bertz CT molecular complexity index is 1240. The van der Waals surface area contributed by atoms with Crippen LogP contribution in [0, 0.1) is 0 Å². The Kier molecular flexibility index (Phi) is 5.69. The molecule has 1 amide bonds. The highest BCUT2D eigenvalue weighted by atomic mass is 35.5. The molecule has 1 aliphatic heterocycles. The molecule has 1 aromatic heterocycles. The third kappa shape index (κ3) is 4.41. The number of carbonyl (C=O) groups is 1. The van der Waals surface area contributed by atoms with Crippen molar-refractivity contribution in [3.05, 3.63) is 88.9 Å². The van der Waals surface area contributed by atoms with Gasteiger partial charge in [0.2, 0.25) is 0 Å². The molecule has 0 aliphatic carbocycles. The summed E-state index contributed by atoms with van der Waals surface area (Å²) in [5.41, 5.74) is 3.00. The van der Waals surface area contributed by atoms with Gasteiger partial charge in [-0.3, -0.25) is 4.79 Å². The van der Waals surface area contributed by atoms with Gasteiger partial charge in [-0.2, -0.15) is 4.98 Å². The number of aromatic nitrogens is 1. The van der Waals surface area contributed by atoms with E-state index in [1.165, 1.54) is 0 Å². The van der Waals surface area contributed by atoms with Gasteiger partial charge in [-0.1, -0.05) is 54.1 Å². The number of nitrogens with one attached hydrogen (secondary N) is 1. The largest absolute Gasteiger partial charge is 0.488 e. The number of anilines is 1. The lowest BCUT2D eigenvalue weighted by molar-refractivity contribution is 0.0786. The second-order valence-corrected chi connectivity index (χ2v) is 8.22. The molecule has 6 nitrogen and oxygen atoms in total. The molecule has 1 fully saturated rings. The van der Waals surface area contributed by atoms with Crippen LogP contribution >= 0.6 is 11.6 Å². The number of likely N-dealkylation sites (tertiary alicyclic amines) is 1. The van der Waals surface area contributed by atoms with Gasteiger partial charge >= 0.3 is 0 Å². The first-order valence-corrected chi connectivity index (χ1v) is 10.9. The maximum atomic E-state index is 13.2. The first-order chi connectivity index (χ1) is 15.7. The third-order valence-corrected chi connectivity index (χ3v) is 5.74. The molecule has 0 unspecified atom stereocenters. The number of fused-ring (bicyclic) bond motifs is 1. The fraction of sp³-hybridized carbons (Fsp3) is 0.200. The first-order valence-electron chi connectivity index (χ1n) is 10.5. The van der Waals surface area contributed by atoms with E-state index in [9.17, 15) is 4.79 Å². The summed E-state index contributed by atoms with van der Waals surface area (Å²) in [5, 5.41) is 3.90. The summed E-state index contributed by atoms with van der Waals surface area (Å²) in [6, 6.07) is 23.1. The average Bonchev–Trinajstić information content (AvgIpc) is 3.44. The molecule has 5 rings (SSSR count). The predicted octanol–water partition coefficient (Wildman–Crippen LogP) is 5.39. The molecule has 3 aromatic carbocycles. The summed E-state index contributed by atoms with van der Waals surface area (Å²) >= 11 is 6.02. The number of hydrogen-bond donors (Lipinski definition) is 1. The number of hydrogen-bond acceptors (Lipinski definition) is 5. The zero-order valence-electron chi connectivity index (χ0n) is 17.3. The predicted molar refractivity (Wildman–Crippen MR) is 124 cm³/mol. The molecule has 1 saturated heterocycles. The van der Waals surface area contributed by atoms with E-state index in [-0.39, 0.29) is 11.9 Å². The molecule has 0 bridgehead atoms. The van der Waals surface area contributed by atoms with Gasteiger partial charge in [0.1, 0.15) is 17.9 Å². The highest BCUT2D eigenvalue weighted by molar-refractivity contribution is 6.31. The van der Waals surface area contributed by atoms with Crippen LogP contribution < -0.4 is 10.1 Å². The highest BCUT2D eigenvalue weighted by Crippen LogP contribution is 2.26. The Morgan fingerprint density at radius 1 is 1.12 bits per heavy atom. The SMILES string of the molecule is O=C(c1ccccc1OCc1ccccc1)N1CC[C@@H](Nc2nc3ccc(Cl)cc3o2)C1. The van der Waals surface area contributed by atoms with Crippen molar-refractivity contribution in [2.45, 2.75) is 19.1 Å². The minimum Gasteiger partial charge on any atom is -0.488 e. The maximum absolute atomic E-state index is 13.2.